The lowest BCUT2D eigenvalue weighted by Gasteiger charge is -2.13. The van der Waals surface area contributed by atoms with Gasteiger partial charge >= 0.3 is 6.61 Å². The minimum absolute atomic E-state index is 0.00414. The number of aryl methyl sites for hydroxylation is 1. The van der Waals surface area contributed by atoms with Crippen molar-refractivity contribution in [3.63, 3.8) is 0 Å². The maximum Gasteiger partial charge on any atom is 0.387 e. The summed E-state index contributed by atoms with van der Waals surface area (Å²) in [5.41, 5.74) is 1.43. The van der Waals surface area contributed by atoms with Gasteiger partial charge in [0.05, 0.1) is 4.91 Å². The summed E-state index contributed by atoms with van der Waals surface area (Å²) in [5.74, 6) is -0.688. The van der Waals surface area contributed by atoms with Crippen LogP contribution in [0.2, 0.25) is 5.02 Å². The Morgan fingerprint density at radius 2 is 1.88 bits per heavy atom. The van der Waals surface area contributed by atoms with Crippen molar-refractivity contribution in [2.24, 2.45) is 0 Å². The summed E-state index contributed by atoms with van der Waals surface area (Å²) in [6, 6.07) is 13.0. The molecule has 3 rings (SSSR count). The number of benzene rings is 2. The van der Waals surface area contributed by atoms with E-state index in [9.17, 15) is 23.2 Å². The van der Waals surface area contributed by atoms with Crippen molar-refractivity contribution in [2.75, 3.05) is 13.1 Å². The van der Waals surface area contributed by atoms with Crippen LogP contribution in [0.1, 0.15) is 17.5 Å². The molecule has 1 heterocycles. The normalized spacial score (nSPS) is 15.0. The van der Waals surface area contributed by atoms with Crippen LogP contribution < -0.4 is 10.1 Å². The molecule has 0 radical (unpaired) electrons. The van der Waals surface area contributed by atoms with Crippen LogP contribution >= 0.6 is 23.4 Å². The summed E-state index contributed by atoms with van der Waals surface area (Å²) >= 11 is 6.85. The topological polar surface area (TPSA) is 75.7 Å². The first kappa shape index (κ1) is 23.7. The van der Waals surface area contributed by atoms with Crippen LogP contribution in [0, 0.1) is 0 Å². The van der Waals surface area contributed by atoms with Crippen molar-refractivity contribution in [1.82, 2.24) is 10.2 Å². The molecular weight excluding hydrogens is 462 g/mol. The fraction of sp³-hybridized carbons (Fsp3) is 0.227. The molecule has 0 unspecified atom stereocenters. The third-order valence-corrected chi connectivity index (χ3v) is 5.79. The predicted molar refractivity (Wildman–Crippen MR) is 119 cm³/mol. The van der Waals surface area contributed by atoms with E-state index >= 15 is 0 Å². The summed E-state index contributed by atoms with van der Waals surface area (Å²) in [7, 11) is 0. The van der Waals surface area contributed by atoms with Crippen molar-refractivity contribution in [3.05, 3.63) is 69.6 Å². The van der Waals surface area contributed by atoms with Gasteiger partial charge in [0.1, 0.15) is 5.75 Å². The van der Waals surface area contributed by atoms with Gasteiger partial charge in [-0.1, -0.05) is 41.9 Å². The lowest BCUT2D eigenvalue weighted by molar-refractivity contribution is -0.124. The number of carbonyl (C=O) groups is 3. The summed E-state index contributed by atoms with van der Waals surface area (Å²) < 4.78 is 28.7. The maximum absolute atomic E-state index is 12.5. The molecule has 1 N–H and O–H groups in total. The molecule has 1 saturated heterocycles. The second kappa shape index (κ2) is 11.1. The molecule has 0 spiro atoms. The van der Waals surface area contributed by atoms with Crippen LogP contribution in [0.4, 0.5) is 13.6 Å². The lowest BCUT2D eigenvalue weighted by atomic mass is 10.1. The van der Waals surface area contributed by atoms with Crippen molar-refractivity contribution in [3.8, 4) is 5.75 Å². The van der Waals surface area contributed by atoms with Crippen LogP contribution in [0.15, 0.2) is 53.4 Å². The SMILES string of the molecule is O=C(CCc1ccccc1Cl)NCCN1C(=O)SC(=Cc2ccc(OC(F)F)cc2)C1=O. The molecule has 0 bridgehead atoms. The van der Waals surface area contributed by atoms with E-state index in [0.717, 1.165) is 22.2 Å². The summed E-state index contributed by atoms with van der Waals surface area (Å²) in [6.07, 6.45) is 2.22. The zero-order chi connectivity index (χ0) is 23.1. The first-order valence-corrected chi connectivity index (χ1v) is 10.8. The Morgan fingerprint density at radius 3 is 2.56 bits per heavy atom. The highest BCUT2D eigenvalue weighted by molar-refractivity contribution is 8.18. The highest BCUT2D eigenvalue weighted by Gasteiger charge is 2.34. The average Bonchev–Trinajstić information content (AvgIpc) is 3.01. The molecule has 3 amide bonds. The number of halogens is 3. The molecule has 168 valence electrons. The highest BCUT2D eigenvalue weighted by atomic mass is 35.5. The number of imide groups is 1. The van der Waals surface area contributed by atoms with Gasteiger partial charge in [0, 0.05) is 24.5 Å². The van der Waals surface area contributed by atoms with Gasteiger partial charge in [0.25, 0.3) is 11.1 Å². The summed E-state index contributed by atoms with van der Waals surface area (Å²) in [5, 5.41) is 2.85. The Balaban J connectivity index is 1.48. The van der Waals surface area contributed by atoms with Crippen molar-refractivity contribution >= 4 is 46.5 Å². The molecule has 0 aromatic heterocycles. The van der Waals surface area contributed by atoms with E-state index in [0.29, 0.717) is 17.0 Å². The molecular formula is C22H19ClF2N2O4S. The minimum Gasteiger partial charge on any atom is -0.435 e. The standard InChI is InChI=1S/C22H19ClF2N2O4S/c23-17-4-2-1-3-15(17)7-10-19(28)26-11-12-27-20(29)18(32-22(27)30)13-14-5-8-16(9-6-14)31-21(24)25/h1-6,8-9,13,21H,7,10-12H2,(H,26,28). The van der Waals surface area contributed by atoms with Crippen LogP contribution in [0.3, 0.4) is 0 Å². The van der Waals surface area contributed by atoms with E-state index in [2.05, 4.69) is 10.1 Å². The number of alkyl halides is 2. The van der Waals surface area contributed by atoms with Gasteiger partial charge in [0.2, 0.25) is 5.91 Å². The number of nitrogens with one attached hydrogen (secondary N) is 1. The van der Waals surface area contributed by atoms with E-state index in [-0.39, 0.29) is 36.1 Å². The molecule has 32 heavy (non-hydrogen) atoms. The second-order valence-corrected chi connectivity index (χ2v) is 8.12. The molecule has 0 atom stereocenters. The zero-order valence-electron chi connectivity index (χ0n) is 16.7. The highest BCUT2D eigenvalue weighted by Crippen LogP contribution is 2.32. The van der Waals surface area contributed by atoms with E-state index < -0.39 is 17.8 Å². The fourth-order valence-corrected chi connectivity index (χ4v) is 4.03. The minimum atomic E-state index is -2.92. The second-order valence-electron chi connectivity index (χ2n) is 6.72. The molecule has 0 aliphatic carbocycles. The Morgan fingerprint density at radius 1 is 1.16 bits per heavy atom. The smallest absolute Gasteiger partial charge is 0.387 e. The number of hydrogen-bond donors (Lipinski definition) is 1. The van der Waals surface area contributed by atoms with Crippen molar-refractivity contribution in [1.29, 1.82) is 0 Å². The molecule has 1 aliphatic rings. The third kappa shape index (κ3) is 6.54. The van der Waals surface area contributed by atoms with Crippen LogP contribution in [-0.2, 0) is 16.0 Å². The van der Waals surface area contributed by atoms with E-state index in [1.165, 1.54) is 30.3 Å². The molecule has 2 aromatic rings. The zero-order valence-corrected chi connectivity index (χ0v) is 18.3. The first-order chi connectivity index (χ1) is 15.3. The van der Waals surface area contributed by atoms with Crippen molar-refractivity contribution < 1.29 is 27.9 Å². The van der Waals surface area contributed by atoms with Crippen LogP contribution in [-0.4, -0.2) is 41.7 Å². The Hall–Kier alpha value is -2.91. The Labute approximate surface area is 192 Å². The van der Waals surface area contributed by atoms with Gasteiger partial charge in [-0.3, -0.25) is 19.3 Å². The van der Waals surface area contributed by atoms with E-state index in [4.69, 9.17) is 11.6 Å². The predicted octanol–water partition coefficient (Wildman–Crippen LogP) is 4.73. The number of rotatable bonds is 9. The molecule has 1 fully saturated rings. The largest absolute Gasteiger partial charge is 0.435 e. The molecule has 6 nitrogen and oxygen atoms in total. The first-order valence-electron chi connectivity index (χ1n) is 9.64. The lowest BCUT2D eigenvalue weighted by Crippen LogP contribution is -2.37. The van der Waals surface area contributed by atoms with Gasteiger partial charge in [-0.15, -0.1) is 0 Å². The van der Waals surface area contributed by atoms with E-state index in [1.807, 2.05) is 18.2 Å². The Bertz CT molecular complexity index is 1030. The summed E-state index contributed by atoms with van der Waals surface area (Å²) in [6.45, 7) is -2.75. The van der Waals surface area contributed by atoms with Gasteiger partial charge in [0.15, 0.2) is 0 Å². The number of carbonyl (C=O) groups excluding carboxylic acids is 3. The quantitative estimate of drug-likeness (QED) is 0.525. The van der Waals surface area contributed by atoms with Gasteiger partial charge in [-0.2, -0.15) is 8.78 Å². The maximum atomic E-state index is 12.5. The number of thioether (sulfide) groups is 1. The number of ether oxygens (including phenoxy) is 1. The number of amides is 3. The van der Waals surface area contributed by atoms with E-state index in [1.54, 1.807) is 6.07 Å². The van der Waals surface area contributed by atoms with Crippen LogP contribution in [0.25, 0.3) is 6.08 Å². The van der Waals surface area contributed by atoms with Gasteiger partial charge in [-0.05, 0) is 53.6 Å². The summed E-state index contributed by atoms with van der Waals surface area (Å²) in [4.78, 5) is 38.0. The fourth-order valence-electron chi connectivity index (χ4n) is 2.93. The molecule has 2 aromatic carbocycles. The molecule has 1 aliphatic heterocycles. The molecule has 10 heteroatoms. The number of hydrogen-bond acceptors (Lipinski definition) is 5. The van der Waals surface area contributed by atoms with Gasteiger partial charge < -0.3 is 10.1 Å². The monoisotopic (exact) mass is 480 g/mol. The van der Waals surface area contributed by atoms with Crippen LogP contribution in [0.5, 0.6) is 5.75 Å². The average molecular weight is 481 g/mol. The Kier molecular flexibility index (Phi) is 8.24. The number of nitrogens with zero attached hydrogens (tertiary/aromatic N) is 1. The molecule has 0 saturated carbocycles. The van der Waals surface area contributed by atoms with Gasteiger partial charge in [-0.25, -0.2) is 0 Å². The van der Waals surface area contributed by atoms with Crippen molar-refractivity contribution in [2.45, 2.75) is 19.5 Å². The third-order valence-electron chi connectivity index (χ3n) is 4.51.